The summed E-state index contributed by atoms with van der Waals surface area (Å²) in [7, 11) is 1.78. The first-order valence-electron chi connectivity index (χ1n) is 7.27. The van der Waals surface area contributed by atoms with E-state index in [9.17, 15) is 4.79 Å². The number of carbonyl (C=O) groups excluding carboxylic acids is 1. The maximum atomic E-state index is 12.0. The van der Waals surface area contributed by atoms with Crippen molar-refractivity contribution in [2.75, 3.05) is 13.7 Å². The molecule has 0 fully saturated rings. The maximum absolute atomic E-state index is 12.0. The van der Waals surface area contributed by atoms with E-state index >= 15 is 0 Å². The lowest BCUT2D eigenvalue weighted by Crippen LogP contribution is -2.36. The molecule has 21 heavy (non-hydrogen) atoms. The topological polar surface area (TPSA) is 55.6 Å². The Morgan fingerprint density at radius 1 is 1.43 bits per heavy atom. The highest BCUT2D eigenvalue weighted by Gasteiger charge is 2.14. The van der Waals surface area contributed by atoms with Crippen LogP contribution in [-0.2, 0) is 11.2 Å². The second-order valence-electron chi connectivity index (χ2n) is 5.51. The fourth-order valence-corrected chi connectivity index (χ4v) is 2.21. The van der Waals surface area contributed by atoms with Gasteiger partial charge in [0, 0.05) is 23.6 Å². The number of benzene rings is 1. The van der Waals surface area contributed by atoms with Gasteiger partial charge in [-0.15, -0.1) is 0 Å². The van der Waals surface area contributed by atoms with Crippen LogP contribution >= 0.6 is 15.9 Å². The minimum Gasteiger partial charge on any atom is -0.483 e. The molecule has 2 N–H and O–H groups in total. The number of nitrogens with zero attached hydrogens (tertiary/aromatic N) is 1. The third kappa shape index (κ3) is 5.67. The van der Waals surface area contributed by atoms with E-state index in [1.165, 1.54) is 0 Å². The molecule has 0 spiro atoms. The monoisotopic (exact) mass is 356 g/mol. The molecule has 1 rings (SSSR count). The number of carbonyl (C=O) groups is 1. The Morgan fingerprint density at radius 3 is 2.67 bits per heavy atom. The Bertz CT molecular complexity index is 477. The fourth-order valence-electron chi connectivity index (χ4n) is 1.80. The van der Waals surface area contributed by atoms with Crippen LogP contribution in [-0.4, -0.2) is 36.5 Å². The number of amides is 1. The van der Waals surface area contributed by atoms with Crippen LogP contribution in [0.25, 0.3) is 0 Å². The Balaban J connectivity index is 2.76. The number of rotatable bonds is 7. The number of nitrogens with two attached hydrogens (primary N) is 1. The highest BCUT2D eigenvalue weighted by molar-refractivity contribution is 9.10. The average molecular weight is 357 g/mol. The molecule has 1 unspecified atom stereocenters. The van der Waals surface area contributed by atoms with E-state index in [-0.39, 0.29) is 24.6 Å². The van der Waals surface area contributed by atoms with E-state index in [1.807, 2.05) is 32.0 Å². The molecule has 0 heterocycles. The molecule has 0 radical (unpaired) electrons. The summed E-state index contributed by atoms with van der Waals surface area (Å²) in [5, 5.41) is 0. The molecule has 0 aromatic heterocycles. The Hall–Kier alpha value is -1.07. The molecule has 118 valence electrons. The van der Waals surface area contributed by atoms with E-state index in [0.717, 1.165) is 28.6 Å². The first-order chi connectivity index (χ1) is 9.85. The molecule has 0 bridgehead atoms. The second-order valence-corrected chi connectivity index (χ2v) is 6.43. The van der Waals surface area contributed by atoms with Gasteiger partial charge < -0.3 is 15.4 Å². The highest BCUT2D eigenvalue weighted by atomic mass is 79.9. The number of likely N-dealkylation sites (N-methyl/N-ethyl adjacent to an activating group) is 1. The van der Waals surface area contributed by atoms with E-state index < -0.39 is 0 Å². The summed E-state index contributed by atoms with van der Waals surface area (Å²) in [6, 6.07) is 6.05. The largest absolute Gasteiger partial charge is 0.483 e. The lowest BCUT2D eigenvalue weighted by atomic mass is 10.0. The molecule has 1 atom stereocenters. The molecule has 0 aliphatic carbocycles. The van der Waals surface area contributed by atoms with Crippen molar-refractivity contribution in [3.05, 3.63) is 28.2 Å². The molecular formula is C16H25BrN2O2. The zero-order valence-corrected chi connectivity index (χ0v) is 14.8. The third-order valence-corrected chi connectivity index (χ3v) is 4.04. The van der Waals surface area contributed by atoms with Gasteiger partial charge in [0.1, 0.15) is 5.75 Å². The van der Waals surface area contributed by atoms with Gasteiger partial charge in [0.15, 0.2) is 6.61 Å². The molecular weight excluding hydrogens is 332 g/mol. The normalized spacial score (nSPS) is 12.3. The van der Waals surface area contributed by atoms with Gasteiger partial charge in [0.05, 0.1) is 0 Å². The Labute approximate surface area is 135 Å². The molecule has 1 amide bonds. The zero-order valence-electron chi connectivity index (χ0n) is 13.2. The van der Waals surface area contributed by atoms with Crippen LogP contribution in [0.5, 0.6) is 5.75 Å². The molecule has 0 saturated carbocycles. The number of ether oxygens (including phenoxy) is 1. The maximum Gasteiger partial charge on any atom is 0.260 e. The summed E-state index contributed by atoms with van der Waals surface area (Å²) < 4.78 is 6.69. The zero-order chi connectivity index (χ0) is 16.0. The van der Waals surface area contributed by atoms with Gasteiger partial charge in [-0.1, -0.05) is 22.9 Å². The fraction of sp³-hybridized carbons (Fsp3) is 0.562. The van der Waals surface area contributed by atoms with Crippen molar-refractivity contribution in [2.24, 2.45) is 5.73 Å². The van der Waals surface area contributed by atoms with Gasteiger partial charge in [-0.3, -0.25) is 4.79 Å². The van der Waals surface area contributed by atoms with Crippen molar-refractivity contribution < 1.29 is 9.53 Å². The first kappa shape index (κ1) is 18.0. The minimum absolute atomic E-state index is 0.0290. The van der Waals surface area contributed by atoms with Gasteiger partial charge in [-0.25, -0.2) is 0 Å². The van der Waals surface area contributed by atoms with Gasteiger partial charge in [0.2, 0.25) is 0 Å². The lowest BCUT2D eigenvalue weighted by molar-refractivity contribution is -0.133. The third-order valence-electron chi connectivity index (χ3n) is 3.55. The summed E-state index contributed by atoms with van der Waals surface area (Å²) in [6.07, 6.45) is 1.64. The van der Waals surface area contributed by atoms with Crippen molar-refractivity contribution in [1.29, 1.82) is 0 Å². The van der Waals surface area contributed by atoms with Crippen LogP contribution in [0.4, 0.5) is 0 Å². The van der Waals surface area contributed by atoms with Crippen LogP contribution < -0.4 is 10.5 Å². The van der Waals surface area contributed by atoms with Crippen molar-refractivity contribution in [2.45, 2.75) is 45.7 Å². The smallest absolute Gasteiger partial charge is 0.260 e. The summed E-state index contributed by atoms with van der Waals surface area (Å²) in [5.74, 6) is 0.700. The molecule has 0 aliphatic heterocycles. The minimum atomic E-state index is -0.0290. The quantitative estimate of drug-likeness (QED) is 0.816. The van der Waals surface area contributed by atoms with E-state index in [0.29, 0.717) is 0 Å². The van der Waals surface area contributed by atoms with Crippen LogP contribution in [0.15, 0.2) is 22.7 Å². The summed E-state index contributed by atoms with van der Waals surface area (Å²) >= 11 is 3.46. The molecule has 5 heteroatoms. The number of hydrogen-bond acceptors (Lipinski definition) is 3. The highest BCUT2D eigenvalue weighted by Crippen LogP contribution is 2.25. The van der Waals surface area contributed by atoms with Crippen LogP contribution in [0.1, 0.15) is 32.8 Å². The van der Waals surface area contributed by atoms with E-state index in [1.54, 1.807) is 11.9 Å². The van der Waals surface area contributed by atoms with Crippen LogP contribution in [0, 0.1) is 0 Å². The van der Waals surface area contributed by atoms with E-state index in [4.69, 9.17) is 10.5 Å². The molecule has 0 aliphatic rings. The SMILES string of the molecule is CCC(N)Cc1cc(Br)ccc1OCC(=O)N(C)C(C)C. The van der Waals surface area contributed by atoms with Gasteiger partial charge in [-0.05, 0) is 50.5 Å². The van der Waals surface area contributed by atoms with Crippen molar-refractivity contribution >= 4 is 21.8 Å². The standard InChI is InChI=1S/C16H25BrN2O2/c1-5-14(18)9-12-8-13(17)6-7-15(12)21-10-16(20)19(4)11(2)3/h6-8,11,14H,5,9-10,18H2,1-4H3. The molecule has 1 aromatic rings. The molecule has 1 aromatic carbocycles. The van der Waals surface area contributed by atoms with Crippen LogP contribution in [0.3, 0.4) is 0 Å². The number of hydrogen-bond donors (Lipinski definition) is 1. The van der Waals surface area contributed by atoms with Gasteiger partial charge in [-0.2, -0.15) is 0 Å². The van der Waals surface area contributed by atoms with Gasteiger partial charge in [0.25, 0.3) is 5.91 Å². The predicted molar refractivity (Wildman–Crippen MR) is 89.5 cm³/mol. The lowest BCUT2D eigenvalue weighted by Gasteiger charge is -2.22. The summed E-state index contributed by atoms with van der Waals surface area (Å²) in [6.45, 7) is 6.06. The summed E-state index contributed by atoms with van der Waals surface area (Å²) in [4.78, 5) is 13.7. The second kappa shape index (κ2) is 8.39. The van der Waals surface area contributed by atoms with Crippen molar-refractivity contribution in [3.8, 4) is 5.75 Å². The predicted octanol–water partition coefficient (Wildman–Crippen LogP) is 2.97. The Kier molecular flexibility index (Phi) is 7.18. The first-order valence-corrected chi connectivity index (χ1v) is 8.06. The molecule has 4 nitrogen and oxygen atoms in total. The van der Waals surface area contributed by atoms with Crippen LogP contribution in [0.2, 0.25) is 0 Å². The average Bonchev–Trinajstić information content (AvgIpc) is 2.44. The number of halogens is 1. The van der Waals surface area contributed by atoms with Gasteiger partial charge >= 0.3 is 0 Å². The van der Waals surface area contributed by atoms with Crippen molar-refractivity contribution in [3.63, 3.8) is 0 Å². The molecule has 0 saturated heterocycles. The Morgan fingerprint density at radius 2 is 2.10 bits per heavy atom. The summed E-state index contributed by atoms with van der Waals surface area (Å²) in [5.41, 5.74) is 7.05. The van der Waals surface area contributed by atoms with Crippen molar-refractivity contribution in [1.82, 2.24) is 4.90 Å². The van der Waals surface area contributed by atoms with E-state index in [2.05, 4.69) is 22.9 Å².